The number of nitrogens with zero attached hydrogens (tertiary/aromatic N) is 2. The summed E-state index contributed by atoms with van der Waals surface area (Å²) in [5, 5.41) is 4.72. The van der Waals surface area contributed by atoms with Gasteiger partial charge >= 0.3 is 5.69 Å². The highest BCUT2D eigenvalue weighted by Crippen LogP contribution is 2.17. The van der Waals surface area contributed by atoms with E-state index in [1.54, 1.807) is 31.2 Å². The Hall–Kier alpha value is -4.48. The molecule has 0 bridgehead atoms. The van der Waals surface area contributed by atoms with Gasteiger partial charge in [-0.25, -0.2) is 13.6 Å². The number of hydrogen-bond acceptors (Lipinski definition) is 6. The van der Waals surface area contributed by atoms with Gasteiger partial charge in [0.15, 0.2) is 11.6 Å². The average Bonchev–Trinajstić information content (AvgIpc) is 2.82. The molecule has 0 aliphatic rings. The molecule has 35 heavy (non-hydrogen) atoms. The SMILES string of the molecule is CCN(CC(=O)NCC(=O)Nc1ccc(F)c(F)c1)c1c(N)n(Cc2ccccc2)c(=O)[nH]c1=O. The lowest BCUT2D eigenvalue weighted by atomic mass is 10.2. The van der Waals surface area contributed by atoms with Gasteiger partial charge in [-0.05, 0) is 24.6 Å². The van der Waals surface area contributed by atoms with Crippen LogP contribution in [0.15, 0.2) is 58.1 Å². The fourth-order valence-corrected chi connectivity index (χ4v) is 3.34. The quantitative estimate of drug-likeness (QED) is 0.356. The predicted molar refractivity (Wildman–Crippen MR) is 127 cm³/mol. The normalized spacial score (nSPS) is 10.6. The number of aromatic nitrogens is 2. The van der Waals surface area contributed by atoms with Gasteiger partial charge in [-0.2, -0.15) is 0 Å². The van der Waals surface area contributed by atoms with Gasteiger partial charge in [0.1, 0.15) is 11.5 Å². The van der Waals surface area contributed by atoms with Gasteiger partial charge in [0, 0.05) is 18.3 Å². The molecule has 3 rings (SSSR count). The number of aromatic amines is 1. The Morgan fingerprint density at radius 1 is 1.06 bits per heavy atom. The van der Waals surface area contributed by atoms with Crippen molar-refractivity contribution in [2.75, 3.05) is 35.6 Å². The fraction of sp³-hybridized carbons (Fsp3) is 0.217. The summed E-state index contributed by atoms with van der Waals surface area (Å²) in [4.78, 5) is 53.0. The molecule has 3 aromatic rings. The summed E-state index contributed by atoms with van der Waals surface area (Å²) < 4.78 is 27.5. The number of nitrogens with one attached hydrogen (secondary N) is 3. The van der Waals surface area contributed by atoms with E-state index in [0.717, 1.165) is 17.7 Å². The number of nitrogen functional groups attached to an aromatic ring is 1. The number of nitrogens with two attached hydrogens (primary N) is 1. The number of amides is 2. The molecule has 0 unspecified atom stereocenters. The zero-order valence-electron chi connectivity index (χ0n) is 18.8. The minimum atomic E-state index is -1.12. The van der Waals surface area contributed by atoms with E-state index in [2.05, 4.69) is 15.6 Å². The molecule has 0 fully saturated rings. The standard InChI is InChI=1S/C23H24F2N6O4/c1-2-30(13-19(33)27-11-18(32)28-15-8-9-16(24)17(25)10-15)20-21(26)31(23(35)29-22(20)34)12-14-6-4-3-5-7-14/h3-10H,2,11-13,26H2,1H3,(H,27,33)(H,28,32)(H,29,34,35). The second-order valence-corrected chi connectivity index (χ2v) is 7.53. The Labute approximate surface area is 198 Å². The van der Waals surface area contributed by atoms with E-state index in [1.807, 2.05) is 6.07 Å². The molecule has 0 aliphatic heterocycles. The molecule has 1 aromatic heterocycles. The van der Waals surface area contributed by atoms with Crippen LogP contribution in [0.4, 0.5) is 26.0 Å². The number of H-pyrrole nitrogens is 1. The van der Waals surface area contributed by atoms with Crippen LogP contribution in [-0.4, -0.2) is 41.0 Å². The van der Waals surface area contributed by atoms with Crippen LogP contribution in [0.2, 0.25) is 0 Å². The fourth-order valence-electron chi connectivity index (χ4n) is 3.34. The third-order valence-corrected chi connectivity index (χ3v) is 5.08. The van der Waals surface area contributed by atoms with E-state index in [0.29, 0.717) is 0 Å². The molecular formula is C23H24F2N6O4. The molecule has 2 aromatic carbocycles. The number of carbonyl (C=O) groups is 2. The minimum absolute atomic E-state index is 0.0262. The molecule has 0 aliphatic carbocycles. The maximum absolute atomic E-state index is 13.3. The van der Waals surface area contributed by atoms with Gasteiger partial charge in [0.25, 0.3) is 5.56 Å². The Bertz CT molecular complexity index is 1340. The molecule has 0 saturated heterocycles. The highest BCUT2D eigenvalue weighted by Gasteiger charge is 2.20. The van der Waals surface area contributed by atoms with Gasteiger partial charge in [-0.1, -0.05) is 30.3 Å². The van der Waals surface area contributed by atoms with Gasteiger partial charge in [-0.3, -0.25) is 23.9 Å². The lowest BCUT2D eigenvalue weighted by molar-refractivity contribution is -0.123. The lowest BCUT2D eigenvalue weighted by Crippen LogP contribution is -2.44. The highest BCUT2D eigenvalue weighted by molar-refractivity contribution is 5.95. The van der Waals surface area contributed by atoms with Gasteiger partial charge in [-0.15, -0.1) is 0 Å². The monoisotopic (exact) mass is 486 g/mol. The van der Waals surface area contributed by atoms with E-state index in [1.165, 1.54) is 15.5 Å². The number of carbonyl (C=O) groups excluding carboxylic acids is 2. The molecule has 2 amide bonds. The summed E-state index contributed by atoms with van der Waals surface area (Å²) >= 11 is 0. The Balaban J connectivity index is 1.69. The second kappa shape index (κ2) is 11.1. The van der Waals surface area contributed by atoms with Crippen LogP contribution in [0.3, 0.4) is 0 Å². The van der Waals surface area contributed by atoms with Crippen LogP contribution in [0, 0.1) is 11.6 Å². The first-order valence-electron chi connectivity index (χ1n) is 10.6. The summed E-state index contributed by atoms with van der Waals surface area (Å²) in [5.74, 6) is -3.55. The van der Waals surface area contributed by atoms with Crippen molar-refractivity contribution < 1.29 is 18.4 Å². The number of hydrogen-bond donors (Lipinski definition) is 4. The van der Waals surface area contributed by atoms with Crippen molar-refractivity contribution in [1.29, 1.82) is 0 Å². The Morgan fingerprint density at radius 2 is 1.77 bits per heavy atom. The van der Waals surface area contributed by atoms with Crippen molar-refractivity contribution in [2.45, 2.75) is 13.5 Å². The van der Waals surface area contributed by atoms with Crippen LogP contribution in [0.25, 0.3) is 0 Å². The molecular weight excluding hydrogens is 462 g/mol. The summed E-state index contributed by atoms with van der Waals surface area (Å²) in [6, 6.07) is 11.9. The zero-order chi connectivity index (χ0) is 25.5. The smallest absolute Gasteiger partial charge is 0.330 e. The predicted octanol–water partition coefficient (Wildman–Crippen LogP) is 1.03. The van der Waals surface area contributed by atoms with E-state index in [9.17, 15) is 28.0 Å². The first-order chi connectivity index (χ1) is 16.7. The number of rotatable bonds is 9. The summed E-state index contributed by atoms with van der Waals surface area (Å²) in [7, 11) is 0. The van der Waals surface area contributed by atoms with Crippen molar-refractivity contribution in [3.8, 4) is 0 Å². The van der Waals surface area contributed by atoms with Crippen molar-refractivity contribution in [1.82, 2.24) is 14.9 Å². The second-order valence-electron chi connectivity index (χ2n) is 7.53. The van der Waals surface area contributed by atoms with E-state index in [4.69, 9.17) is 5.73 Å². The Morgan fingerprint density at radius 3 is 2.43 bits per heavy atom. The molecule has 0 spiro atoms. The number of benzene rings is 2. The largest absolute Gasteiger partial charge is 0.383 e. The van der Waals surface area contributed by atoms with Crippen LogP contribution in [0.1, 0.15) is 12.5 Å². The maximum atomic E-state index is 13.3. The van der Waals surface area contributed by atoms with E-state index < -0.39 is 41.2 Å². The molecule has 12 heteroatoms. The lowest BCUT2D eigenvalue weighted by Gasteiger charge is -2.24. The highest BCUT2D eigenvalue weighted by atomic mass is 19.2. The first-order valence-corrected chi connectivity index (χ1v) is 10.6. The van der Waals surface area contributed by atoms with Gasteiger partial charge in [0.05, 0.1) is 19.6 Å². The van der Waals surface area contributed by atoms with Crippen molar-refractivity contribution in [2.24, 2.45) is 0 Å². The third kappa shape index (κ3) is 6.31. The van der Waals surface area contributed by atoms with E-state index >= 15 is 0 Å². The average molecular weight is 486 g/mol. The van der Waals surface area contributed by atoms with Crippen molar-refractivity contribution in [3.63, 3.8) is 0 Å². The molecule has 0 radical (unpaired) electrons. The molecule has 10 nitrogen and oxygen atoms in total. The van der Waals surface area contributed by atoms with Crippen LogP contribution < -0.4 is 32.5 Å². The van der Waals surface area contributed by atoms with Crippen molar-refractivity contribution >= 4 is 29.0 Å². The molecule has 184 valence electrons. The van der Waals surface area contributed by atoms with Gasteiger partial charge < -0.3 is 21.3 Å². The third-order valence-electron chi connectivity index (χ3n) is 5.08. The molecule has 5 N–H and O–H groups in total. The van der Waals surface area contributed by atoms with Crippen LogP contribution >= 0.6 is 0 Å². The molecule has 0 saturated carbocycles. The number of halogens is 2. The molecule has 1 heterocycles. The number of anilines is 3. The van der Waals surface area contributed by atoms with E-state index in [-0.39, 0.29) is 36.8 Å². The Kier molecular flexibility index (Phi) is 7.97. The van der Waals surface area contributed by atoms with Crippen LogP contribution in [-0.2, 0) is 16.1 Å². The van der Waals surface area contributed by atoms with Crippen molar-refractivity contribution in [3.05, 3.63) is 86.6 Å². The zero-order valence-corrected chi connectivity index (χ0v) is 18.8. The van der Waals surface area contributed by atoms with Crippen LogP contribution in [0.5, 0.6) is 0 Å². The summed E-state index contributed by atoms with van der Waals surface area (Å²) in [5.41, 5.74) is 5.49. The number of likely N-dealkylation sites (N-methyl/N-ethyl adjacent to an activating group) is 1. The topological polar surface area (TPSA) is 142 Å². The first kappa shape index (κ1) is 25.1. The summed E-state index contributed by atoms with van der Waals surface area (Å²) in [6.07, 6.45) is 0. The maximum Gasteiger partial charge on any atom is 0.330 e. The van der Waals surface area contributed by atoms with Gasteiger partial charge in [0.2, 0.25) is 11.8 Å². The minimum Gasteiger partial charge on any atom is -0.383 e. The summed E-state index contributed by atoms with van der Waals surface area (Å²) in [6.45, 7) is 1.23. The molecule has 0 atom stereocenters.